The number of phenolic OH excluding ortho intramolecular Hbond substituents is 1. The highest BCUT2D eigenvalue weighted by Crippen LogP contribution is 2.38. The first-order chi connectivity index (χ1) is 13.8. The summed E-state index contributed by atoms with van der Waals surface area (Å²) in [5.41, 5.74) is 8.16. The average molecular weight is 431 g/mol. The molecule has 0 radical (unpaired) electrons. The maximum atomic E-state index is 11.0. The molecule has 2 rings (SSSR count). The highest BCUT2D eigenvalue weighted by molar-refractivity contribution is 6.44. The van der Waals surface area contributed by atoms with Crippen molar-refractivity contribution >= 4 is 39.9 Å². The van der Waals surface area contributed by atoms with Gasteiger partial charge in [0.2, 0.25) is 0 Å². The summed E-state index contributed by atoms with van der Waals surface area (Å²) in [5.74, 6) is 0.534. The van der Waals surface area contributed by atoms with Gasteiger partial charge >= 0.3 is 0 Å². The second-order valence-corrected chi connectivity index (χ2v) is 7.05. The minimum absolute atomic E-state index is 0.0208. The van der Waals surface area contributed by atoms with Crippen LogP contribution in [0.4, 0.5) is 0 Å². The smallest absolute Gasteiger partial charge is 0.147 e. The molecule has 1 aromatic heterocycles. The van der Waals surface area contributed by atoms with E-state index in [2.05, 4.69) is 28.5 Å². The van der Waals surface area contributed by atoms with Gasteiger partial charge in [0.1, 0.15) is 17.1 Å². The van der Waals surface area contributed by atoms with Crippen LogP contribution in [0.25, 0.3) is 10.9 Å². The van der Waals surface area contributed by atoms with E-state index < -0.39 is 6.04 Å². The lowest BCUT2D eigenvalue weighted by Crippen LogP contribution is -2.29. The van der Waals surface area contributed by atoms with E-state index in [9.17, 15) is 5.11 Å². The lowest BCUT2D eigenvalue weighted by atomic mass is 9.95. The van der Waals surface area contributed by atoms with E-state index in [1.165, 1.54) is 0 Å². The van der Waals surface area contributed by atoms with Crippen molar-refractivity contribution in [3.63, 3.8) is 0 Å². The topological polar surface area (TPSA) is 83.5 Å². The monoisotopic (exact) mass is 430 g/mol. The third-order valence-corrected chi connectivity index (χ3v) is 5.11. The predicted molar refractivity (Wildman–Crippen MR) is 123 cm³/mol. The molecule has 0 fully saturated rings. The minimum atomic E-state index is -0.624. The van der Waals surface area contributed by atoms with Crippen LogP contribution >= 0.6 is 23.2 Å². The summed E-state index contributed by atoms with van der Waals surface area (Å²) in [6.07, 6.45) is 5.58. The average Bonchev–Trinajstić information content (AvgIpc) is 2.73. The molecule has 1 aromatic carbocycles. The van der Waals surface area contributed by atoms with E-state index in [1.807, 2.05) is 19.1 Å². The van der Waals surface area contributed by atoms with Crippen LogP contribution in [-0.2, 0) is 0 Å². The van der Waals surface area contributed by atoms with Gasteiger partial charge in [0.05, 0.1) is 16.1 Å². The van der Waals surface area contributed by atoms with E-state index >= 15 is 0 Å². The van der Waals surface area contributed by atoms with Crippen LogP contribution in [0.5, 0.6) is 5.75 Å². The standard InChI is InChI=1S/C22H24Cl2N4O/c1-5-15(25)12-18(26-4)28-21(16(6-2)19(24)13(3)23)17-10-9-14-8-7-11-27-20(14)22(17)29/h6-12,21,29H,2-3,5,25H2,1,4H3,(H,26,28)/b15-12+,19-16-. The van der Waals surface area contributed by atoms with Gasteiger partial charge in [-0.15, -0.1) is 0 Å². The molecule has 7 heteroatoms. The summed E-state index contributed by atoms with van der Waals surface area (Å²) in [4.78, 5) is 8.54. The van der Waals surface area contributed by atoms with Crippen LogP contribution in [0.3, 0.4) is 0 Å². The normalized spacial score (nSPS) is 14.3. The summed E-state index contributed by atoms with van der Waals surface area (Å²) < 4.78 is 0. The number of fused-ring (bicyclic) bond motifs is 1. The molecule has 0 bridgehead atoms. The van der Waals surface area contributed by atoms with Crippen molar-refractivity contribution in [2.24, 2.45) is 10.7 Å². The fourth-order valence-corrected chi connectivity index (χ4v) is 3.08. The quantitative estimate of drug-likeness (QED) is 0.316. The number of hydrogen-bond donors (Lipinski definition) is 3. The molecular weight excluding hydrogens is 407 g/mol. The second kappa shape index (κ2) is 10.1. The maximum Gasteiger partial charge on any atom is 0.147 e. The Balaban J connectivity index is 2.71. The molecule has 0 aliphatic rings. The molecule has 1 unspecified atom stereocenters. The second-order valence-electron chi connectivity index (χ2n) is 6.22. The Morgan fingerprint density at radius 2 is 2.10 bits per heavy atom. The number of benzene rings is 1. The third-order valence-electron chi connectivity index (χ3n) is 4.38. The lowest BCUT2D eigenvalue weighted by molar-refractivity contribution is 0.468. The summed E-state index contributed by atoms with van der Waals surface area (Å²) in [6.45, 7) is 9.50. The Labute approximate surface area is 181 Å². The Morgan fingerprint density at radius 3 is 2.69 bits per heavy atom. The molecule has 1 heterocycles. The number of nitrogens with two attached hydrogens (primary N) is 1. The van der Waals surface area contributed by atoms with Crippen molar-refractivity contribution in [2.75, 3.05) is 7.05 Å². The molecule has 0 saturated carbocycles. The summed E-state index contributed by atoms with van der Waals surface area (Å²) in [6, 6.07) is 6.72. The van der Waals surface area contributed by atoms with Gasteiger partial charge in [-0.05, 0) is 24.1 Å². The predicted octanol–water partition coefficient (Wildman–Crippen LogP) is 5.28. The number of pyridine rings is 1. The highest BCUT2D eigenvalue weighted by atomic mass is 35.5. The summed E-state index contributed by atoms with van der Waals surface area (Å²) in [5, 5.41) is 15.4. The summed E-state index contributed by atoms with van der Waals surface area (Å²) >= 11 is 12.5. The number of nitrogens with one attached hydrogen (secondary N) is 1. The minimum Gasteiger partial charge on any atom is -0.505 e. The van der Waals surface area contributed by atoms with Crippen LogP contribution in [0.1, 0.15) is 24.9 Å². The van der Waals surface area contributed by atoms with Gasteiger partial charge in [-0.2, -0.15) is 0 Å². The van der Waals surface area contributed by atoms with E-state index in [0.717, 1.165) is 5.39 Å². The molecule has 0 saturated heterocycles. The molecule has 0 aliphatic heterocycles. The number of hydrogen-bond acceptors (Lipinski definition) is 4. The molecule has 0 amide bonds. The maximum absolute atomic E-state index is 11.0. The van der Waals surface area contributed by atoms with Crippen LogP contribution in [0, 0.1) is 0 Å². The van der Waals surface area contributed by atoms with Gasteiger partial charge in [0.15, 0.2) is 0 Å². The number of amidine groups is 1. The zero-order valence-corrected chi connectivity index (χ0v) is 17.9. The van der Waals surface area contributed by atoms with Gasteiger partial charge < -0.3 is 16.2 Å². The molecule has 29 heavy (non-hydrogen) atoms. The first-order valence-electron chi connectivity index (χ1n) is 8.96. The van der Waals surface area contributed by atoms with Crippen LogP contribution in [0.2, 0.25) is 0 Å². The van der Waals surface area contributed by atoms with Crippen molar-refractivity contribution in [1.82, 2.24) is 10.3 Å². The Bertz CT molecular complexity index is 1020. The van der Waals surface area contributed by atoms with E-state index in [4.69, 9.17) is 28.9 Å². The van der Waals surface area contributed by atoms with Gasteiger partial charge in [0.25, 0.3) is 0 Å². The van der Waals surface area contributed by atoms with Crippen molar-refractivity contribution in [1.29, 1.82) is 0 Å². The Hall–Kier alpha value is -2.76. The van der Waals surface area contributed by atoms with Crippen molar-refractivity contribution in [3.8, 4) is 5.75 Å². The van der Waals surface area contributed by atoms with Gasteiger partial charge in [-0.25, -0.2) is 0 Å². The van der Waals surface area contributed by atoms with Crippen LogP contribution in [-0.4, -0.2) is 23.0 Å². The van der Waals surface area contributed by atoms with E-state index in [-0.39, 0.29) is 15.8 Å². The number of allylic oxidation sites excluding steroid dienone is 3. The van der Waals surface area contributed by atoms with Gasteiger partial charge in [0, 0.05) is 29.9 Å². The SMILES string of the molecule is C=C/C(=C(/Cl)C(=C)Cl)C(NC(/C=C(/N)CC)=NC)c1ccc2cccnc2c1O. The Morgan fingerprint density at radius 1 is 1.38 bits per heavy atom. The molecule has 5 nitrogen and oxygen atoms in total. The molecule has 0 spiro atoms. The zero-order valence-electron chi connectivity index (χ0n) is 16.4. The van der Waals surface area contributed by atoms with E-state index in [1.54, 1.807) is 37.5 Å². The molecule has 4 N–H and O–H groups in total. The number of halogens is 2. The lowest BCUT2D eigenvalue weighted by Gasteiger charge is -2.24. The fraction of sp³-hybridized carbons (Fsp3) is 0.182. The third kappa shape index (κ3) is 5.19. The van der Waals surface area contributed by atoms with E-state index in [0.29, 0.717) is 34.6 Å². The van der Waals surface area contributed by atoms with Crippen LogP contribution < -0.4 is 11.1 Å². The van der Waals surface area contributed by atoms with Crippen molar-refractivity contribution in [3.05, 3.63) is 82.7 Å². The number of aromatic nitrogens is 1. The summed E-state index contributed by atoms with van der Waals surface area (Å²) in [7, 11) is 1.64. The van der Waals surface area contributed by atoms with Crippen molar-refractivity contribution in [2.45, 2.75) is 19.4 Å². The highest BCUT2D eigenvalue weighted by Gasteiger charge is 2.24. The van der Waals surface area contributed by atoms with Crippen molar-refractivity contribution < 1.29 is 5.11 Å². The fourth-order valence-electron chi connectivity index (χ4n) is 2.79. The first kappa shape index (κ1) is 22.5. The number of aromatic hydroxyl groups is 1. The molecule has 1 atom stereocenters. The number of phenols is 1. The largest absolute Gasteiger partial charge is 0.505 e. The first-order valence-corrected chi connectivity index (χ1v) is 9.72. The number of nitrogens with zero attached hydrogens (tertiary/aromatic N) is 2. The van der Waals surface area contributed by atoms with Gasteiger partial charge in [-0.3, -0.25) is 9.98 Å². The number of aliphatic imine (C=N–C) groups is 1. The zero-order chi connectivity index (χ0) is 21.6. The molecule has 0 aliphatic carbocycles. The molecular formula is C22H24Cl2N4O. The van der Waals surface area contributed by atoms with Crippen LogP contribution in [0.15, 0.2) is 82.1 Å². The molecule has 2 aromatic rings. The van der Waals surface area contributed by atoms with Gasteiger partial charge in [-0.1, -0.05) is 67.6 Å². The molecule has 152 valence electrons. The number of rotatable bonds is 7. The Kier molecular flexibility index (Phi) is 7.88.